The van der Waals surface area contributed by atoms with E-state index in [1.807, 2.05) is 51.1 Å². The second-order valence-electron chi connectivity index (χ2n) is 8.85. The van der Waals surface area contributed by atoms with Gasteiger partial charge in [-0.2, -0.15) is 0 Å². The topological polar surface area (TPSA) is 57.7 Å². The molecule has 0 unspecified atom stereocenters. The number of aryl methyl sites for hydroxylation is 1. The van der Waals surface area contributed by atoms with E-state index in [0.29, 0.717) is 23.1 Å². The van der Waals surface area contributed by atoms with Gasteiger partial charge in [0.15, 0.2) is 5.78 Å². The minimum absolute atomic E-state index is 0.0248. The standard InChI is InChI=1S/C27H34N2O3/c1-7-9-10-11-20-12-14-23(15-13-20)26(32)29(27(3,4)5)28(6)25(31)22-18-16-21(17-19-22)24(30)8-2/h7,12-19H,1,8-11H2,2-6H3. The molecule has 0 aliphatic carbocycles. The van der Waals surface area contributed by atoms with E-state index < -0.39 is 5.54 Å². The molecule has 0 fully saturated rings. The van der Waals surface area contributed by atoms with E-state index in [2.05, 4.69) is 6.58 Å². The first kappa shape index (κ1) is 25.1. The van der Waals surface area contributed by atoms with Crippen molar-refractivity contribution in [2.75, 3.05) is 7.05 Å². The van der Waals surface area contributed by atoms with E-state index in [-0.39, 0.29) is 17.6 Å². The highest BCUT2D eigenvalue weighted by molar-refractivity contribution is 6.00. The number of unbranched alkanes of at least 4 members (excludes halogenated alkanes) is 1. The molecule has 5 nitrogen and oxygen atoms in total. The first-order valence-electron chi connectivity index (χ1n) is 11.1. The molecule has 170 valence electrons. The molecule has 0 aliphatic heterocycles. The Bertz CT molecular complexity index is 954. The Kier molecular flexibility index (Phi) is 8.53. The summed E-state index contributed by atoms with van der Waals surface area (Å²) in [7, 11) is 1.60. The van der Waals surface area contributed by atoms with E-state index in [9.17, 15) is 14.4 Å². The number of allylic oxidation sites excluding steroid dienone is 1. The number of nitrogens with zero attached hydrogens (tertiary/aromatic N) is 2. The Hall–Kier alpha value is -3.21. The van der Waals surface area contributed by atoms with Gasteiger partial charge in [-0.25, -0.2) is 10.0 Å². The van der Waals surface area contributed by atoms with Crippen molar-refractivity contribution in [1.82, 2.24) is 10.0 Å². The number of carbonyl (C=O) groups is 3. The van der Waals surface area contributed by atoms with Crippen LogP contribution in [0, 0.1) is 0 Å². The van der Waals surface area contributed by atoms with Crippen molar-refractivity contribution < 1.29 is 14.4 Å². The summed E-state index contributed by atoms with van der Waals surface area (Å²) < 4.78 is 0. The molecule has 0 heterocycles. The van der Waals surface area contributed by atoms with Crippen LogP contribution < -0.4 is 0 Å². The highest BCUT2D eigenvalue weighted by atomic mass is 16.2. The summed E-state index contributed by atoms with van der Waals surface area (Å²) in [6, 6.07) is 14.1. The third-order valence-corrected chi connectivity index (χ3v) is 5.27. The fraction of sp³-hybridized carbons (Fsp3) is 0.370. The van der Waals surface area contributed by atoms with Gasteiger partial charge in [0.1, 0.15) is 0 Å². The third-order valence-electron chi connectivity index (χ3n) is 5.27. The Morgan fingerprint density at radius 2 is 1.38 bits per heavy atom. The van der Waals surface area contributed by atoms with Crippen LogP contribution in [0.1, 0.15) is 83.6 Å². The smallest absolute Gasteiger partial charge is 0.272 e. The molecule has 2 amide bonds. The molecule has 0 aliphatic rings. The highest BCUT2D eigenvalue weighted by Gasteiger charge is 2.34. The number of ketones is 1. The summed E-state index contributed by atoms with van der Waals surface area (Å²) in [4.78, 5) is 38.4. The molecule has 2 aromatic rings. The van der Waals surface area contributed by atoms with Gasteiger partial charge in [0.25, 0.3) is 11.8 Å². The van der Waals surface area contributed by atoms with Gasteiger partial charge >= 0.3 is 0 Å². The van der Waals surface area contributed by atoms with Crippen LogP contribution in [0.3, 0.4) is 0 Å². The average Bonchev–Trinajstić information content (AvgIpc) is 2.77. The molecule has 0 radical (unpaired) electrons. The van der Waals surface area contributed by atoms with Crippen LogP contribution in [0.25, 0.3) is 0 Å². The minimum atomic E-state index is -0.623. The molecule has 5 heteroatoms. The molecular weight excluding hydrogens is 400 g/mol. The van der Waals surface area contributed by atoms with Gasteiger partial charge in [0, 0.05) is 30.2 Å². The van der Waals surface area contributed by atoms with Crippen molar-refractivity contribution >= 4 is 17.6 Å². The van der Waals surface area contributed by atoms with Crippen molar-refractivity contribution in [1.29, 1.82) is 0 Å². The number of hydrogen-bond donors (Lipinski definition) is 0. The molecule has 0 saturated carbocycles. The molecule has 0 N–H and O–H groups in total. The van der Waals surface area contributed by atoms with E-state index in [0.717, 1.165) is 24.8 Å². The lowest BCUT2D eigenvalue weighted by Crippen LogP contribution is -2.56. The number of hydrogen-bond acceptors (Lipinski definition) is 3. The highest BCUT2D eigenvalue weighted by Crippen LogP contribution is 2.22. The van der Waals surface area contributed by atoms with Crippen LogP contribution in [0.5, 0.6) is 0 Å². The largest absolute Gasteiger partial charge is 0.294 e. The Balaban J connectivity index is 2.25. The predicted molar refractivity (Wildman–Crippen MR) is 129 cm³/mol. The zero-order valence-corrected chi connectivity index (χ0v) is 19.9. The molecule has 0 saturated heterocycles. The molecule has 2 rings (SSSR count). The van der Waals surface area contributed by atoms with Crippen molar-refractivity contribution in [3.05, 3.63) is 83.4 Å². The van der Waals surface area contributed by atoms with Crippen molar-refractivity contribution in [2.24, 2.45) is 0 Å². The Labute approximate surface area is 191 Å². The molecular formula is C27H34N2O3. The van der Waals surface area contributed by atoms with Gasteiger partial charge in [-0.15, -0.1) is 6.58 Å². The van der Waals surface area contributed by atoms with Crippen molar-refractivity contribution in [3.63, 3.8) is 0 Å². The van der Waals surface area contributed by atoms with Crippen molar-refractivity contribution in [3.8, 4) is 0 Å². The van der Waals surface area contributed by atoms with Crippen LogP contribution in [-0.2, 0) is 6.42 Å². The van der Waals surface area contributed by atoms with Gasteiger partial charge in [-0.3, -0.25) is 14.4 Å². The van der Waals surface area contributed by atoms with Gasteiger partial charge in [-0.1, -0.05) is 37.3 Å². The molecule has 0 spiro atoms. The van der Waals surface area contributed by atoms with Crippen LogP contribution >= 0.6 is 0 Å². The molecule has 0 bridgehead atoms. The summed E-state index contributed by atoms with van der Waals surface area (Å²) in [5.41, 5.74) is 2.05. The summed E-state index contributed by atoms with van der Waals surface area (Å²) in [5, 5.41) is 2.84. The SMILES string of the molecule is C=CCCCc1ccc(C(=O)N(N(C)C(=O)c2ccc(C(=O)CC)cc2)C(C)(C)C)cc1. The predicted octanol–water partition coefficient (Wildman–Crippen LogP) is 5.72. The van der Waals surface area contributed by atoms with E-state index >= 15 is 0 Å². The third kappa shape index (κ3) is 6.16. The normalized spacial score (nSPS) is 11.0. The maximum absolute atomic E-state index is 13.4. The fourth-order valence-electron chi connectivity index (χ4n) is 3.56. The van der Waals surface area contributed by atoms with Crippen LogP contribution in [-0.4, -0.2) is 40.2 Å². The summed E-state index contributed by atoms with van der Waals surface area (Å²) in [6.45, 7) is 11.2. The average molecular weight is 435 g/mol. The van der Waals surface area contributed by atoms with Crippen LogP contribution in [0.4, 0.5) is 0 Å². The zero-order valence-electron chi connectivity index (χ0n) is 19.9. The monoisotopic (exact) mass is 434 g/mol. The van der Waals surface area contributed by atoms with Gasteiger partial charge in [0.2, 0.25) is 0 Å². The lowest BCUT2D eigenvalue weighted by Gasteiger charge is -2.41. The van der Waals surface area contributed by atoms with Gasteiger partial charge in [0.05, 0.1) is 5.54 Å². The summed E-state index contributed by atoms with van der Waals surface area (Å²) in [6.07, 6.45) is 5.22. The second kappa shape index (κ2) is 10.9. The van der Waals surface area contributed by atoms with E-state index in [4.69, 9.17) is 0 Å². The Morgan fingerprint density at radius 1 is 0.875 bits per heavy atom. The second-order valence-corrected chi connectivity index (χ2v) is 8.85. The fourth-order valence-corrected chi connectivity index (χ4v) is 3.56. The first-order chi connectivity index (χ1) is 15.1. The summed E-state index contributed by atoms with van der Waals surface area (Å²) >= 11 is 0. The quantitative estimate of drug-likeness (QED) is 0.231. The van der Waals surface area contributed by atoms with E-state index in [1.165, 1.54) is 10.0 Å². The summed E-state index contributed by atoms with van der Waals surface area (Å²) in [5.74, 6) is -0.537. The number of rotatable bonds is 8. The number of Topliss-reactive ketones (excluding diaryl/α,β-unsaturated/α-hetero) is 1. The van der Waals surface area contributed by atoms with Crippen LogP contribution in [0.2, 0.25) is 0 Å². The zero-order chi connectivity index (χ0) is 23.9. The van der Waals surface area contributed by atoms with Gasteiger partial charge in [-0.05, 0) is 69.9 Å². The lowest BCUT2D eigenvalue weighted by molar-refractivity contribution is -0.0308. The number of benzene rings is 2. The molecule has 2 aromatic carbocycles. The van der Waals surface area contributed by atoms with Crippen molar-refractivity contribution in [2.45, 2.75) is 58.9 Å². The number of carbonyl (C=O) groups excluding carboxylic acids is 3. The molecule has 0 atom stereocenters. The molecule has 32 heavy (non-hydrogen) atoms. The van der Waals surface area contributed by atoms with Gasteiger partial charge < -0.3 is 0 Å². The number of amides is 2. The maximum atomic E-state index is 13.4. The lowest BCUT2D eigenvalue weighted by atomic mass is 10.0. The first-order valence-corrected chi connectivity index (χ1v) is 11.1. The van der Waals surface area contributed by atoms with E-state index in [1.54, 1.807) is 38.2 Å². The number of hydrazine groups is 1. The Morgan fingerprint density at radius 3 is 1.88 bits per heavy atom. The maximum Gasteiger partial charge on any atom is 0.272 e. The van der Waals surface area contributed by atoms with Crippen LogP contribution in [0.15, 0.2) is 61.2 Å². The molecule has 0 aromatic heterocycles. The minimum Gasteiger partial charge on any atom is -0.294 e.